The molecular weight excluding hydrogens is 274 g/mol. The Hall–Kier alpha value is -0.980. The van der Waals surface area contributed by atoms with Gasteiger partial charge in [0.1, 0.15) is 0 Å². The zero-order valence-corrected chi connectivity index (χ0v) is 12.9. The van der Waals surface area contributed by atoms with E-state index in [1.165, 1.54) is 6.26 Å². The van der Waals surface area contributed by atoms with Gasteiger partial charge in [0.15, 0.2) is 0 Å². The van der Waals surface area contributed by atoms with Crippen molar-refractivity contribution < 1.29 is 8.42 Å². The molecule has 1 aliphatic heterocycles. The lowest BCUT2D eigenvalue weighted by atomic mass is 9.91. The first-order chi connectivity index (χ1) is 9.50. The molecule has 2 rings (SSSR count). The number of piperidine rings is 1. The first-order valence-corrected chi connectivity index (χ1v) is 8.93. The molecule has 1 aromatic rings. The van der Waals surface area contributed by atoms with E-state index in [9.17, 15) is 8.42 Å². The summed E-state index contributed by atoms with van der Waals surface area (Å²) in [6.07, 6.45) is 6.77. The van der Waals surface area contributed by atoms with E-state index >= 15 is 0 Å². The summed E-state index contributed by atoms with van der Waals surface area (Å²) in [5, 5.41) is 3.55. The van der Waals surface area contributed by atoms with Gasteiger partial charge in [0.2, 0.25) is 10.0 Å². The summed E-state index contributed by atoms with van der Waals surface area (Å²) in [6.45, 7) is 4.14. The summed E-state index contributed by atoms with van der Waals surface area (Å²) < 4.78 is 24.9. The van der Waals surface area contributed by atoms with E-state index in [-0.39, 0.29) is 0 Å². The second-order valence-electron chi connectivity index (χ2n) is 5.43. The number of nitrogens with one attached hydrogen (secondary N) is 1. The van der Waals surface area contributed by atoms with Crippen LogP contribution in [0.3, 0.4) is 0 Å². The molecule has 1 aliphatic rings. The van der Waals surface area contributed by atoms with E-state index in [0.29, 0.717) is 25.0 Å². The monoisotopic (exact) mass is 297 g/mol. The predicted octanol–water partition coefficient (Wildman–Crippen LogP) is 1.23. The second kappa shape index (κ2) is 6.65. The van der Waals surface area contributed by atoms with Crippen LogP contribution in [0.2, 0.25) is 0 Å². The van der Waals surface area contributed by atoms with Crippen LogP contribution in [0.1, 0.15) is 25.3 Å². The van der Waals surface area contributed by atoms with E-state index < -0.39 is 10.0 Å². The molecule has 5 nitrogen and oxygen atoms in total. The molecule has 0 radical (unpaired) electrons. The van der Waals surface area contributed by atoms with Crippen LogP contribution in [0.15, 0.2) is 24.5 Å². The molecule has 0 bridgehead atoms. The molecule has 0 aliphatic carbocycles. The van der Waals surface area contributed by atoms with Crippen molar-refractivity contribution in [2.24, 2.45) is 5.92 Å². The fraction of sp³-hybridized carbons (Fsp3) is 0.643. The van der Waals surface area contributed by atoms with E-state index in [2.05, 4.69) is 17.2 Å². The molecule has 1 saturated heterocycles. The summed E-state index contributed by atoms with van der Waals surface area (Å²) in [7, 11) is -3.06. The summed E-state index contributed by atoms with van der Waals surface area (Å²) in [5.74, 6) is 0.371. The summed E-state index contributed by atoms with van der Waals surface area (Å²) in [4.78, 5) is 4.10. The Morgan fingerprint density at radius 1 is 1.50 bits per heavy atom. The summed E-state index contributed by atoms with van der Waals surface area (Å²) in [5.41, 5.74) is 1.16. The fourth-order valence-electron chi connectivity index (χ4n) is 2.73. The van der Waals surface area contributed by atoms with Gasteiger partial charge in [-0.05, 0) is 24.0 Å². The van der Waals surface area contributed by atoms with Gasteiger partial charge in [-0.2, -0.15) is 0 Å². The van der Waals surface area contributed by atoms with Crippen LogP contribution >= 0.6 is 0 Å². The first kappa shape index (κ1) is 15.4. The Morgan fingerprint density at radius 3 is 2.90 bits per heavy atom. The van der Waals surface area contributed by atoms with Crippen LogP contribution in [0.25, 0.3) is 0 Å². The van der Waals surface area contributed by atoms with Crippen LogP contribution in [0, 0.1) is 5.92 Å². The van der Waals surface area contributed by atoms with Crippen LogP contribution in [0.4, 0.5) is 0 Å². The smallest absolute Gasteiger partial charge is 0.211 e. The lowest BCUT2D eigenvalue weighted by Crippen LogP contribution is -2.50. The van der Waals surface area contributed by atoms with E-state index in [0.717, 1.165) is 24.9 Å². The van der Waals surface area contributed by atoms with Gasteiger partial charge in [0.05, 0.1) is 6.26 Å². The van der Waals surface area contributed by atoms with Gasteiger partial charge in [0.25, 0.3) is 0 Å². The highest BCUT2D eigenvalue weighted by Crippen LogP contribution is 2.22. The van der Waals surface area contributed by atoms with Crippen LogP contribution in [-0.4, -0.2) is 43.1 Å². The molecule has 0 unspecified atom stereocenters. The van der Waals surface area contributed by atoms with Gasteiger partial charge in [-0.3, -0.25) is 4.98 Å². The highest BCUT2D eigenvalue weighted by Gasteiger charge is 2.31. The molecule has 20 heavy (non-hydrogen) atoms. The van der Waals surface area contributed by atoms with Gasteiger partial charge in [-0.15, -0.1) is 0 Å². The Morgan fingerprint density at radius 2 is 2.30 bits per heavy atom. The minimum Gasteiger partial charge on any atom is -0.309 e. The van der Waals surface area contributed by atoms with E-state index in [4.69, 9.17) is 0 Å². The largest absolute Gasteiger partial charge is 0.309 e. The van der Waals surface area contributed by atoms with Crippen molar-refractivity contribution in [3.05, 3.63) is 30.1 Å². The number of hydrogen-bond donors (Lipinski definition) is 1. The van der Waals surface area contributed by atoms with Gasteiger partial charge in [-0.1, -0.05) is 19.4 Å². The second-order valence-corrected chi connectivity index (χ2v) is 7.41. The Kier molecular flexibility index (Phi) is 5.12. The Balaban J connectivity index is 1.93. The molecule has 1 N–H and O–H groups in total. The molecule has 6 heteroatoms. The molecule has 0 amide bonds. The molecule has 0 aromatic carbocycles. The number of sulfonamides is 1. The highest BCUT2D eigenvalue weighted by atomic mass is 32.2. The van der Waals surface area contributed by atoms with Gasteiger partial charge >= 0.3 is 0 Å². The Bertz CT molecular complexity index is 518. The number of nitrogens with zero attached hydrogens (tertiary/aromatic N) is 2. The minimum atomic E-state index is -3.06. The first-order valence-electron chi connectivity index (χ1n) is 7.08. The number of hydrogen-bond acceptors (Lipinski definition) is 4. The van der Waals surface area contributed by atoms with Gasteiger partial charge < -0.3 is 5.32 Å². The van der Waals surface area contributed by atoms with E-state index in [1.807, 2.05) is 18.3 Å². The standard InChI is InChI=1S/C14H23N3O2S/c1-3-13-11-17(20(2,18)19)8-6-14(13)16-10-12-5-4-7-15-9-12/h4-5,7,9,13-14,16H,3,6,8,10-11H2,1-2H3/t13-,14-/m0/s1. The van der Waals surface area contributed by atoms with Crippen molar-refractivity contribution in [2.75, 3.05) is 19.3 Å². The van der Waals surface area contributed by atoms with Gasteiger partial charge in [0, 0.05) is 38.1 Å². The van der Waals surface area contributed by atoms with Crippen LogP contribution in [0.5, 0.6) is 0 Å². The molecular formula is C14H23N3O2S. The summed E-state index contributed by atoms with van der Waals surface area (Å²) in [6, 6.07) is 4.35. The summed E-state index contributed by atoms with van der Waals surface area (Å²) >= 11 is 0. The van der Waals surface area contributed by atoms with Crippen molar-refractivity contribution in [2.45, 2.75) is 32.4 Å². The molecule has 2 atom stereocenters. The maximum absolute atomic E-state index is 11.6. The minimum absolute atomic E-state index is 0.371. The Labute approximate surface area is 121 Å². The molecule has 0 spiro atoms. The van der Waals surface area contributed by atoms with Crippen molar-refractivity contribution in [3.8, 4) is 0 Å². The van der Waals surface area contributed by atoms with Crippen molar-refractivity contribution in [1.29, 1.82) is 0 Å². The fourth-order valence-corrected chi connectivity index (χ4v) is 3.63. The molecule has 0 saturated carbocycles. The quantitative estimate of drug-likeness (QED) is 0.888. The third kappa shape index (κ3) is 4.01. The van der Waals surface area contributed by atoms with Crippen LogP contribution in [-0.2, 0) is 16.6 Å². The highest BCUT2D eigenvalue weighted by molar-refractivity contribution is 7.88. The van der Waals surface area contributed by atoms with Crippen molar-refractivity contribution in [1.82, 2.24) is 14.6 Å². The molecule has 2 heterocycles. The third-order valence-electron chi connectivity index (χ3n) is 3.98. The number of aromatic nitrogens is 1. The third-order valence-corrected chi connectivity index (χ3v) is 5.25. The SMILES string of the molecule is CC[C@H]1CN(S(C)(=O)=O)CC[C@@H]1NCc1cccnc1. The average Bonchev–Trinajstić information content (AvgIpc) is 2.45. The molecule has 112 valence electrons. The van der Waals surface area contributed by atoms with Crippen molar-refractivity contribution in [3.63, 3.8) is 0 Å². The normalized spacial score (nSPS) is 24.7. The van der Waals surface area contributed by atoms with Crippen molar-refractivity contribution >= 4 is 10.0 Å². The zero-order chi connectivity index (χ0) is 14.6. The predicted molar refractivity (Wildman–Crippen MR) is 79.7 cm³/mol. The maximum atomic E-state index is 11.6. The van der Waals surface area contributed by atoms with Crippen LogP contribution < -0.4 is 5.32 Å². The number of rotatable bonds is 5. The average molecular weight is 297 g/mol. The molecule has 1 fully saturated rings. The lowest BCUT2D eigenvalue weighted by Gasteiger charge is -2.37. The van der Waals surface area contributed by atoms with E-state index in [1.54, 1.807) is 10.5 Å². The lowest BCUT2D eigenvalue weighted by molar-refractivity contribution is 0.201. The molecule has 1 aromatic heterocycles. The maximum Gasteiger partial charge on any atom is 0.211 e. The number of pyridine rings is 1. The topological polar surface area (TPSA) is 62.3 Å². The zero-order valence-electron chi connectivity index (χ0n) is 12.1. The van der Waals surface area contributed by atoms with Gasteiger partial charge in [-0.25, -0.2) is 12.7 Å².